The maximum Gasteiger partial charge on any atom is 0.107 e. The van der Waals surface area contributed by atoms with E-state index in [1.807, 2.05) is 0 Å². The van der Waals surface area contributed by atoms with E-state index in [1.165, 1.54) is 75.3 Å². The molecule has 0 aliphatic carbocycles. The van der Waals surface area contributed by atoms with Gasteiger partial charge >= 0.3 is 0 Å². The molecule has 180 valence electrons. The van der Waals surface area contributed by atoms with Crippen LogP contribution in [0.2, 0.25) is 0 Å². The minimum Gasteiger partial charge on any atom is -0.370 e. The summed E-state index contributed by atoms with van der Waals surface area (Å²) in [6.07, 6.45) is 16.0. The van der Waals surface area contributed by atoms with Gasteiger partial charge in [-0.05, 0) is 49.7 Å². The topological polar surface area (TPSA) is 34.3 Å². The fourth-order valence-corrected chi connectivity index (χ4v) is 4.79. The van der Waals surface area contributed by atoms with Crippen molar-refractivity contribution in [2.24, 2.45) is 0 Å². The van der Waals surface area contributed by atoms with Crippen LogP contribution in [0.15, 0.2) is 60.7 Å². The average Bonchev–Trinajstić information content (AvgIpc) is 3.76. The summed E-state index contributed by atoms with van der Waals surface area (Å²) < 4.78 is 17.9. The van der Waals surface area contributed by atoms with Crippen molar-refractivity contribution in [3.05, 3.63) is 71.8 Å². The molecule has 0 aromatic heterocycles. The quantitative estimate of drug-likeness (QED) is 0.182. The molecule has 0 N–H and O–H groups in total. The van der Waals surface area contributed by atoms with Gasteiger partial charge in [0, 0.05) is 0 Å². The van der Waals surface area contributed by atoms with E-state index < -0.39 is 0 Å². The highest BCUT2D eigenvalue weighted by atomic mass is 16.6. The third-order valence-corrected chi connectivity index (χ3v) is 6.99. The second-order valence-electron chi connectivity index (χ2n) is 9.83. The Bertz CT molecular complexity index is 689. The summed E-state index contributed by atoms with van der Waals surface area (Å²) in [5.41, 5.74) is 2.91. The Labute approximate surface area is 200 Å². The van der Waals surface area contributed by atoms with Gasteiger partial charge in [-0.3, -0.25) is 0 Å². The monoisotopic (exact) mass is 450 g/mol. The van der Waals surface area contributed by atoms with E-state index in [2.05, 4.69) is 60.7 Å². The predicted octanol–water partition coefficient (Wildman–Crippen LogP) is 6.92. The summed E-state index contributed by atoms with van der Waals surface area (Å²) in [6.45, 7) is 1.74. The van der Waals surface area contributed by atoms with Crippen molar-refractivity contribution in [2.45, 2.75) is 101 Å². The van der Waals surface area contributed by atoms with Gasteiger partial charge in [-0.15, -0.1) is 0 Å². The first-order valence-corrected chi connectivity index (χ1v) is 13.3. The second kappa shape index (κ2) is 13.9. The van der Waals surface area contributed by atoms with Crippen LogP contribution in [0, 0.1) is 0 Å². The van der Waals surface area contributed by atoms with Crippen molar-refractivity contribution in [3.8, 4) is 0 Å². The van der Waals surface area contributed by atoms with Crippen molar-refractivity contribution in [1.82, 2.24) is 0 Å². The van der Waals surface area contributed by atoms with Gasteiger partial charge in [-0.25, -0.2) is 0 Å². The molecule has 2 aromatic rings. The average molecular weight is 451 g/mol. The minimum absolute atomic E-state index is 0.256. The number of unbranched alkanes of at least 4 members (excludes halogenated alkanes) is 6. The zero-order chi connectivity index (χ0) is 22.6. The van der Waals surface area contributed by atoms with Gasteiger partial charge in [0.25, 0.3) is 0 Å². The third-order valence-electron chi connectivity index (χ3n) is 6.99. The Balaban J connectivity index is 1.08. The standard InChI is InChI=1S/C30H42O3/c1(7-15-25-17-9-5-10-18-25)3-13-21-27(29-23-31-29)33-28(30-24-32-30)22-14-4-2-8-16-26-19-11-6-12-20-26/h5-6,9-12,17-20,27-30H,1-4,7-8,13-16,21-24H2. The minimum atomic E-state index is 0.256. The fourth-order valence-electron chi connectivity index (χ4n) is 4.79. The van der Waals surface area contributed by atoms with Crippen LogP contribution >= 0.6 is 0 Å². The lowest BCUT2D eigenvalue weighted by atomic mass is 10.0. The fraction of sp³-hybridized carbons (Fsp3) is 0.600. The molecule has 4 rings (SSSR count). The van der Waals surface area contributed by atoms with E-state index in [4.69, 9.17) is 14.2 Å². The lowest BCUT2D eigenvalue weighted by Crippen LogP contribution is -2.30. The number of aryl methyl sites for hydroxylation is 2. The molecule has 33 heavy (non-hydrogen) atoms. The van der Waals surface area contributed by atoms with Gasteiger partial charge in [0.2, 0.25) is 0 Å². The van der Waals surface area contributed by atoms with Crippen molar-refractivity contribution in [3.63, 3.8) is 0 Å². The number of benzene rings is 2. The van der Waals surface area contributed by atoms with Crippen LogP contribution in [0.25, 0.3) is 0 Å². The van der Waals surface area contributed by atoms with Gasteiger partial charge < -0.3 is 14.2 Å². The van der Waals surface area contributed by atoms with Crippen LogP contribution in [0.3, 0.4) is 0 Å². The first-order valence-electron chi connectivity index (χ1n) is 13.3. The third kappa shape index (κ3) is 9.60. The zero-order valence-electron chi connectivity index (χ0n) is 20.2. The molecule has 2 saturated heterocycles. The highest BCUT2D eigenvalue weighted by Crippen LogP contribution is 2.29. The van der Waals surface area contributed by atoms with E-state index in [9.17, 15) is 0 Å². The molecular formula is C30H42O3. The van der Waals surface area contributed by atoms with Gasteiger partial charge in [0.15, 0.2) is 0 Å². The highest BCUT2D eigenvalue weighted by molar-refractivity contribution is 5.15. The largest absolute Gasteiger partial charge is 0.370 e. The molecular weight excluding hydrogens is 408 g/mol. The summed E-state index contributed by atoms with van der Waals surface area (Å²) >= 11 is 0. The molecule has 0 bridgehead atoms. The predicted molar refractivity (Wildman–Crippen MR) is 135 cm³/mol. The SMILES string of the molecule is c1ccc(CCCCCCC(OC(CCCCCCc2ccccc2)C2CO2)C2CO2)cc1. The number of epoxide rings is 2. The van der Waals surface area contributed by atoms with Crippen LogP contribution in [0.5, 0.6) is 0 Å². The summed E-state index contributed by atoms with van der Waals surface area (Å²) in [5, 5.41) is 0. The Morgan fingerprint density at radius 2 is 0.970 bits per heavy atom. The van der Waals surface area contributed by atoms with Gasteiger partial charge in [-0.2, -0.15) is 0 Å². The molecule has 3 heteroatoms. The lowest BCUT2D eigenvalue weighted by molar-refractivity contribution is -0.0468. The van der Waals surface area contributed by atoms with Gasteiger partial charge in [-0.1, -0.05) is 99.2 Å². The first-order chi connectivity index (χ1) is 16.4. The summed E-state index contributed by atoms with van der Waals surface area (Å²) in [7, 11) is 0. The van der Waals surface area contributed by atoms with Crippen LogP contribution in [-0.2, 0) is 27.1 Å². The van der Waals surface area contributed by atoms with Crippen molar-refractivity contribution >= 4 is 0 Å². The van der Waals surface area contributed by atoms with E-state index in [0.29, 0.717) is 12.2 Å². The van der Waals surface area contributed by atoms with Crippen LogP contribution in [0.1, 0.15) is 75.3 Å². The molecule has 2 aliphatic heterocycles. The Hall–Kier alpha value is -1.68. The molecule has 2 aromatic carbocycles. The normalized spacial score (nSPS) is 21.0. The second-order valence-corrected chi connectivity index (χ2v) is 9.83. The van der Waals surface area contributed by atoms with E-state index >= 15 is 0 Å². The molecule has 0 radical (unpaired) electrons. The van der Waals surface area contributed by atoms with Crippen LogP contribution < -0.4 is 0 Å². The number of rotatable bonds is 18. The molecule has 3 nitrogen and oxygen atoms in total. The molecule has 2 heterocycles. The van der Waals surface area contributed by atoms with E-state index in [0.717, 1.165) is 26.1 Å². The zero-order valence-corrected chi connectivity index (χ0v) is 20.2. The van der Waals surface area contributed by atoms with Gasteiger partial charge in [0.1, 0.15) is 12.2 Å². The van der Waals surface area contributed by atoms with Crippen molar-refractivity contribution < 1.29 is 14.2 Å². The van der Waals surface area contributed by atoms with E-state index in [1.54, 1.807) is 0 Å². The maximum atomic E-state index is 6.60. The lowest BCUT2D eigenvalue weighted by Gasteiger charge is -2.23. The van der Waals surface area contributed by atoms with Gasteiger partial charge in [0.05, 0.1) is 25.4 Å². The molecule has 0 spiro atoms. The number of ether oxygens (including phenoxy) is 3. The molecule has 4 atom stereocenters. The maximum absolute atomic E-state index is 6.60. The Morgan fingerprint density at radius 3 is 1.36 bits per heavy atom. The molecule has 0 saturated carbocycles. The summed E-state index contributed by atoms with van der Waals surface area (Å²) in [5.74, 6) is 0. The Morgan fingerprint density at radius 1 is 0.576 bits per heavy atom. The smallest absolute Gasteiger partial charge is 0.107 e. The molecule has 4 unspecified atom stereocenters. The summed E-state index contributed by atoms with van der Waals surface area (Å²) in [4.78, 5) is 0. The highest BCUT2D eigenvalue weighted by Gasteiger charge is 2.39. The Kier molecular flexibility index (Phi) is 10.3. The van der Waals surface area contributed by atoms with Crippen LogP contribution in [-0.4, -0.2) is 37.6 Å². The number of hydrogen-bond donors (Lipinski definition) is 0. The molecule has 0 amide bonds. The van der Waals surface area contributed by atoms with Crippen LogP contribution in [0.4, 0.5) is 0 Å². The van der Waals surface area contributed by atoms with Crippen molar-refractivity contribution in [2.75, 3.05) is 13.2 Å². The molecule has 2 aliphatic rings. The molecule has 2 fully saturated rings. The summed E-state index contributed by atoms with van der Waals surface area (Å²) in [6, 6.07) is 21.7. The van der Waals surface area contributed by atoms with Crippen molar-refractivity contribution in [1.29, 1.82) is 0 Å². The first kappa shape index (κ1) is 24.4. The van der Waals surface area contributed by atoms with E-state index in [-0.39, 0.29) is 12.2 Å². The number of hydrogen-bond acceptors (Lipinski definition) is 3.